The number of nitro benzene ring substituents is 1. The summed E-state index contributed by atoms with van der Waals surface area (Å²) in [4.78, 5) is 13.7. The monoisotopic (exact) mass is 432 g/mol. The number of methoxy groups -OCH3 is 1. The number of hydrogen-bond donors (Lipinski definition) is 2. The molecular weight excluding hydrogens is 404 g/mol. The second kappa shape index (κ2) is 10.2. The van der Waals surface area contributed by atoms with Crippen molar-refractivity contribution in [1.82, 2.24) is 5.43 Å². The van der Waals surface area contributed by atoms with Crippen molar-refractivity contribution in [2.45, 2.75) is 25.3 Å². The second-order valence-corrected chi connectivity index (χ2v) is 7.93. The van der Waals surface area contributed by atoms with Gasteiger partial charge in [-0.3, -0.25) is 10.1 Å². The first kappa shape index (κ1) is 21.6. The van der Waals surface area contributed by atoms with E-state index in [-0.39, 0.29) is 10.6 Å². The SMILES string of the molecule is COc1ccccc1C1CCN(c2ccc(CNNc3ccccc3)cc2[N+](=O)[O-])CC1. The topological polar surface area (TPSA) is 79.7 Å². The first-order valence-corrected chi connectivity index (χ1v) is 10.8. The molecule has 1 fully saturated rings. The minimum absolute atomic E-state index is 0.153. The van der Waals surface area contributed by atoms with E-state index in [1.165, 1.54) is 5.56 Å². The van der Waals surface area contributed by atoms with E-state index in [1.54, 1.807) is 13.2 Å². The summed E-state index contributed by atoms with van der Waals surface area (Å²) in [6.45, 7) is 2.03. The summed E-state index contributed by atoms with van der Waals surface area (Å²) < 4.78 is 5.52. The number of hydrazine groups is 1. The van der Waals surface area contributed by atoms with Crippen molar-refractivity contribution in [3.8, 4) is 5.75 Å². The van der Waals surface area contributed by atoms with Crippen LogP contribution in [0.25, 0.3) is 0 Å². The first-order chi connectivity index (χ1) is 15.7. The number of nitro groups is 1. The number of para-hydroxylation sites is 2. The van der Waals surface area contributed by atoms with Crippen LogP contribution in [-0.4, -0.2) is 25.1 Å². The van der Waals surface area contributed by atoms with Crippen LogP contribution < -0.4 is 20.5 Å². The largest absolute Gasteiger partial charge is 0.496 e. The third kappa shape index (κ3) is 5.00. The van der Waals surface area contributed by atoms with Gasteiger partial charge in [0.2, 0.25) is 0 Å². The Labute approximate surface area is 188 Å². The van der Waals surface area contributed by atoms with Gasteiger partial charge in [-0.1, -0.05) is 42.5 Å². The Morgan fingerprint density at radius 3 is 2.47 bits per heavy atom. The Morgan fingerprint density at radius 2 is 1.75 bits per heavy atom. The van der Waals surface area contributed by atoms with Crippen molar-refractivity contribution in [1.29, 1.82) is 0 Å². The molecule has 3 aromatic carbocycles. The number of nitrogens with one attached hydrogen (secondary N) is 2. The van der Waals surface area contributed by atoms with Gasteiger partial charge in [0.15, 0.2) is 0 Å². The van der Waals surface area contributed by atoms with E-state index in [9.17, 15) is 10.1 Å². The maximum atomic E-state index is 11.8. The molecule has 0 unspecified atom stereocenters. The van der Waals surface area contributed by atoms with E-state index in [1.807, 2.05) is 60.7 Å². The van der Waals surface area contributed by atoms with E-state index in [0.717, 1.165) is 42.9 Å². The van der Waals surface area contributed by atoms with Crippen LogP contribution >= 0.6 is 0 Å². The highest BCUT2D eigenvalue weighted by Gasteiger charge is 2.27. The van der Waals surface area contributed by atoms with E-state index in [4.69, 9.17) is 4.74 Å². The minimum Gasteiger partial charge on any atom is -0.496 e. The molecule has 7 heteroatoms. The van der Waals surface area contributed by atoms with Crippen molar-refractivity contribution in [3.63, 3.8) is 0 Å². The van der Waals surface area contributed by atoms with Gasteiger partial charge in [-0.15, -0.1) is 0 Å². The van der Waals surface area contributed by atoms with E-state index in [2.05, 4.69) is 21.8 Å². The molecule has 1 aliphatic rings. The van der Waals surface area contributed by atoms with Crippen molar-refractivity contribution in [2.75, 3.05) is 30.5 Å². The van der Waals surface area contributed by atoms with Gasteiger partial charge in [0.1, 0.15) is 11.4 Å². The number of nitrogens with zero attached hydrogens (tertiary/aromatic N) is 2. The fourth-order valence-electron chi connectivity index (χ4n) is 4.30. The van der Waals surface area contributed by atoms with Crippen LogP contribution in [0.15, 0.2) is 72.8 Å². The lowest BCUT2D eigenvalue weighted by Crippen LogP contribution is -2.33. The third-order valence-corrected chi connectivity index (χ3v) is 5.95. The van der Waals surface area contributed by atoms with Crippen LogP contribution in [0, 0.1) is 10.1 Å². The third-order valence-electron chi connectivity index (χ3n) is 5.95. The lowest BCUT2D eigenvalue weighted by atomic mass is 9.88. The quantitative estimate of drug-likeness (QED) is 0.381. The molecular formula is C25H28N4O3. The fourth-order valence-corrected chi connectivity index (χ4v) is 4.30. The molecule has 1 heterocycles. The minimum atomic E-state index is -0.282. The van der Waals surface area contributed by atoms with E-state index >= 15 is 0 Å². The van der Waals surface area contributed by atoms with Gasteiger partial charge >= 0.3 is 0 Å². The zero-order valence-electron chi connectivity index (χ0n) is 18.2. The van der Waals surface area contributed by atoms with Gasteiger partial charge in [0.25, 0.3) is 5.69 Å². The summed E-state index contributed by atoms with van der Waals surface area (Å²) in [5, 5.41) is 11.8. The summed E-state index contributed by atoms with van der Waals surface area (Å²) in [6.07, 6.45) is 1.86. The maximum absolute atomic E-state index is 11.8. The lowest BCUT2D eigenvalue weighted by molar-refractivity contribution is -0.384. The summed E-state index contributed by atoms with van der Waals surface area (Å²) >= 11 is 0. The predicted molar refractivity (Wildman–Crippen MR) is 127 cm³/mol. The molecule has 0 radical (unpaired) electrons. The van der Waals surface area contributed by atoms with Gasteiger partial charge < -0.3 is 15.1 Å². The normalized spacial score (nSPS) is 14.2. The highest BCUT2D eigenvalue weighted by Crippen LogP contribution is 2.37. The van der Waals surface area contributed by atoms with Gasteiger partial charge in [-0.2, -0.15) is 0 Å². The molecule has 32 heavy (non-hydrogen) atoms. The average molecular weight is 433 g/mol. The molecule has 0 spiro atoms. The molecule has 2 N–H and O–H groups in total. The molecule has 0 amide bonds. The van der Waals surface area contributed by atoms with Gasteiger partial charge in [-0.25, -0.2) is 5.43 Å². The number of anilines is 2. The van der Waals surface area contributed by atoms with Gasteiger partial charge in [0, 0.05) is 31.4 Å². The standard InChI is InChI=1S/C25H28N4O3/c1-32-25-10-6-5-9-22(25)20-13-15-28(16-14-20)23-12-11-19(17-24(23)29(30)31)18-26-27-21-7-3-2-4-8-21/h2-12,17,20,26-27H,13-16,18H2,1H3. The van der Waals surface area contributed by atoms with Crippen molar-refractivity contribution in [3.05, 3.63) is 94.0 Å². The Morgan fingerprint density at radius 1 is 1.03 bits per heavy atom. The van der Waals surface area contributed by atoms with Crippen LogP contribution in [0.2, 0.25) is 0 Å². The number of hydrogen-bond acceptors (Lipinski definition) is 6. The number of piperidine rings is 1. The highest BCUT2D eigenvalue weighted by molar-refractivity contribution is 5.64. The summed E-state index contributed by atoms with van der Waals surface area (Å²) in [5.41, 5.74) is 10.1. The Bertz CT molecular complexity index is 1050. The zero-order valence-corrected chi connectivity index (χ0v) is 18.2. The molecule has 0 aliphatic carbocycles. The highest BCUT2D eigenvalue weighted by atomic mass is 16.6. The molecule has 0 saturated carbocycles. The second-order valence-electron chi connectivity index (χ2n) is 7.93. The van der Waals surface area contributed by atoms with Crippen molar-refractivity contribution in [2.24, 2.45) is 0 Å². The smallest absolute Gasteiger partial charge is 0.292 e. The first-order valence-electron chi connectivity index (χ1n) is 10.8. The number of ether oxygens (including phenoxy) is 1. The molecule has 0 bridgehead atoms. The molecule has 1 saturated heterocycles. The van der Waals surface area contributed by atoms with Gasteiger partial charge in [0.05, 0.1) is 12.0 Å². The number of benzene rings is 3. The van der Waals surface area contributed by atoms with Crippen LogP contribution in [0.3, 0.4) is 0 Å². The van der Waals surface area contributed by atoms with Crippen LogP contribution in [0.4, 0.5) is 17.1 Å². The summed E-state index contributed by atoms with van der Waals surface area (Å²) in [7, 11) is 1.70. The van der Waals surface area contributed by atoms with Crippen LogP contribution in [0.1, 0.15) is 29.9 Å². The van der Waals surface area contributed by atoms with E-state index in [0.29, 0.717) is 18.2 Å². The predicted octanol–water partition coefficient (Wildman–Crippen LogP) is 5.10. The molecule has 0 aromatic heterocycles. The Balaban J connectivity index is 1.41. The molecule has 166 valence electrons. The molecule has 4 rings (SSSR count). The molecule has 7 nitrogen and oxygen atoms in total. The maximum Gasteiger partial charge on any atom is 0.292 e. The average Bonchev–Trinajstić information content (AvgIpc) is 2.85. The fraction of sp³-hybridized carbons (Fsp3) is 0.280. The summed E-state index contributed by atoms with van der Waals surface area (Å²) in [5.74, 6) is 1.31. The van der Waals surface area contributed by atoms with Gasteiger partial charge in [-0.05, 0) is 54.2 Å². The molecule has 0 atom stereocenters. The molecule has 3 aromatic rings. The Kier molecular flexibility index (Phi) is 6.87. The molecule has 1 aliphatic heterocycles. The Hall–Kier alpha value is -3.58. The zero-order chi connectivity index (χ0) is 22.3. The van der Waals surface area contributed by atoms with Crippen LogP contribution in [-0.2, 0) is 6.54 Å². The summed E-state index contributed by atoms with van der Waals surface area (Å²) in [6, 6.07) is 23.4. The van der Waals surface area contributed by atoms with Crippen LogP contribution in [0.5, 0.6) is 5.75 Å². The lowest BCUT2D eigenvalue weighted by Gasteiger charge is -2.34. The van der Waals surface area contributed by atoms with Crippen molar-refractivity contribution < 1.29 is 9.66 Å². The van der Waals surface area contributed by atoms with E-state index < -0.39 is 0 Å². The number of rotatable bonds is 8. The van der Waals surface area contributed by atoms with Crippen molar-refractivity contribution >= 4 is 17.1 Å².